The number of benzene rings is 2. The Morgan fingerprint density at radius 2 is 1.68 bits per heavy atom. The molecule has 0 aliphatic rings. The first kappa shape index (κ1) is 14.6. The van der Waals surface area contributed by atoms with Gasteiger partial charge in [0.25, 0.3) is 0 Å². The number of fused-ring (bicyclic) bond motifs is 3. The van der Waals surface area contributed by atoms with E-state index in [9.17, 15) is 4.79 Å². The predicted molar refractivity (Wildman–Crippen MR) is 93.0 cm³/mol. The molecule has 1 aromatic heterocycles. The second-order valence-corrected chi connectivity index (χ2v) is 5.72. The fourth-order valence-corrected chi connectivity index (χ4v) is 2.93. The van der Waals surface area contributed by atoms with E-state index in [0.29, 0.717) is 16.9 Å². The molecule has 2 aromatic carbocycles. The van der Waals surface area contributed by atoms with Crippen molar-refractivity contribution in [3.8, 4) is 0 Å². The van der Waals surface area contributed by atoms with E-state index in [-0.39, 0.29) is 5.43 Å². The summed E-state index contributed by atoms with van der Waals surface area (Å²) in [6.07, 6.45) is 0. The van der Waals surface area contributed by atoms with Crippen molar-refractivity contribution in [2.75, 3.05) is 18.0 Å². The Kier molecular flexibility index (Phi) is 3.65. The Bertz CT molecular complexity index is 905. The van der Waals surface area contributed by atoms with E-state index in [0.717, 1.165) is 23.9 Å². The first-order valence-corrected chi connectivity index (χ1v) is 7.78. The molecule has 0 unspecified atom stereocenters. The Balaban J connectivity index is 2.36. The van der Waals surface area contributed by atoms with Crippen LogP contribution >= 0.6 is 0 Å². The summed E-state index contributed by atoms with van der Waals surface area (Å²) in [5.74, 6) is 0.644. The molecule has 0 amide bonds. The van der Waals surface area contributed by atoms with E-state index in [1.54, 1.807) is 6.07 Å². The molecule has 0 saturated heterocycles. The smallest absolute Gasteiger partial charge is 0.199 e. The highest BCUT2D eigenvalue weighted by Gasteiger charge is 2.12. The molecule has 3 rings (SSSR count). The van der Waals surface area contributed by atoms with Gasteiger partial charge < -0.3 is 9.32 Å². The second kappa shape index (κ2) is 5.48. The van der Waals surface area contributed by atoms with E-state index in [1.165, 1.54) is 11.1 Å². The molecule has 0 spiro atoms. The monoisotopic (exact) mass is 295 g/mol. The first-order valence-electron chi connectivity index (χ1n) is 7.78. The van der Waals surface area contributed by atoms with E-state index in [1.807, 2.05) is 17.0 Å². The van der Waals surface area contributed by atoms with Gasteiger partial charge >= 0.3 is 0 Å². The van der Waals surface area contributed by atoms with Crippen LogP contribution in [0.5, 0.6) is 0 Å². The number of anilines is 1. The highest BCUT2D eigenvalue weighted by molar-refractivity contribution is 6.06. The Hall–Kier alpha value is -2.29. The molecule has 0 N–H and O–H groups in total. The quantitative estimate of drug-likeness (QED) is 0.671. The summed E-state index contributed by atoms with van der Waals surface area (Å²) in [4.78, 5) is 14.7. The van der Waals surface area contributed by atoms with Crippen molar-refractivity contribution in [2.24, 2.45) is 0 Å². The molecule has 3 aromatic rings. The van der Waals surface area contributed by atoms with Gasteiger partial charge in [-0.2, -0.15) is 0 Å². The molecule has 3 heteroatoms. The minimum absolute atomic E-state index is 0.0250. The third kappa shape index (κ3) is 2.27. The molecule has 0 fully saturated rings. The topological polar surface area (TPSA) is 33.5 Å². The third-order valence-electron chi connectivity index (χ3n) is 4.39. The van der Waals surface area contributed by atoms with Gasteiger partial charge in [0, 0.05) is 19.2 Å². The minimum Gasteiger partial charge on any atom is -0.440 e. The number of hydrogen-bond donors (Lipinski definition) is 0. The number of hydrogen-bond acceptors (Lipinski definition) is 3. The summed E-state index contributed by atoms with van der Waals surface area (Å²) in [5, 5.41) is 2.73. The average Bonchev–Trinajstić information content (AvgIpc) is 2.49. The Morgan fingerprint density at radius 1 is 1.00 bits per heavy atom. The zero-order valence-corrected chi connectivity index (χ0v) is 13.6. The van der Waals surface area contributed by atoms with E-state index in [2.05, 4.69) is 39.8 Å². The summed E-state index contributed by atoms with van der Waals surface area (Å²) in [6.45, 7) is 9.90. The van der Waals surface area contributed by atoms with Crippen molar-refractivity contribution in [2.45, 2.75) is 27.7 Å². The number of rotatable bonds is 3. The fourth-order valence-electron chi connectivity index (χ4n) is 2.93. The van der Waals surface area contributed by atoms with Crippen molar-refractivity contribution in [1.82, 2.24) is 0 Å². The van der Waals surface area contributed by atoms with E-state index >= 15 is 0 Å². The molecular weight excluding hydrogens is 274 g/mol. The van der Waals surface area contributed by atoms with Crippen molar-refractivity contribution in [3.05, 3.63) is 51.7 Å². The maximum absolute atomic E-state index is 12.7. The van der Waals surface area contributed by atoms with Gasteiger partial charge in [0.2, 0.25) is 0 Å². The van der Waals surface area contributed by atoms with Gasteiger partial charge in [0.15, 0.2) is 11.3 Å². The SMILES string of the molecule is CCN(CC)c1cc(=O)c2c(ccc3cc(C)c(C)cc32)o1. The zero-order valence-electron chi connectivity index (χ0n) is 13.6. The van der Waals surface area contributed by atoms with Crippen molar-refractivity contribution >= 4 is 27.6 Å². The van der Waals surface area contributed by atoms with Gasteiger partial charge in [0.1, 0.15) is 5.58 Å². The summed E-state index contributed by atoms with van der Waals surface area (Å²) < 4.78 is 5.99. The normalized spacial score (nSPS) is 11.3. The summed E-state index contributed by atoms with van der Waals surface area (Å²) in [6, 6.07) is 9.76. The van der Waals surface area contributed by atoms with Crippen LogP contribution in [0.25, 0.3) is 21.7 Å². The largest absolute Gasteiger partial charge is 0.440 e. The van der Waals surface area contributed by atoms with E-state index in [4.69, 9.17) is 4.42 Å². The van der Waals surface area contributed by atoms with Gasteiger partial charge in [-0.1, -0.05) is 18.2 Å². The second-order valence-electron chi connectivity index (χ2n) is 5.72. The average molecular weight is 295 g/mol. The lowest BCUT2D eigenvalue weighted by Crippen LogP contribution is -2.23. The first-order chi connectivity index (χ1) is 10.5. The Labute approximate surface area is 130 Å². The third-order valence-corrected chi connectivity index (χ3v) is 4.39. The minimum atomic E-state index is 0.0250. The maximum atomic E-state index is 12.7. The molecule has 0 aliphatic carbocycles. The van der Waals surface area contributed by atoms with Crippen LogP contribution < -0.4 is 10.3 Å². The Morgan fingerprint density at radius 3 is 2.36 bits per heavy atom. The molecule has 114 valence electrons. The highest BCUT2D eigenvalue weighted by Crippen LogP contribution is 2.28. The van der Waals surface area contributed by atoms with Crippen molar-refractivity contribution in [1.29, 1.82) is 0 Å². The molecule has 1 heterocycles. The van der Waals surface area contributed by atoms with Gasteiger partial charge in [-0.15, -0.1) is 0 Å². The van der Waals surface area contributed by atoms with Gasteiger partial charge in [-0.3, -0.25) is 4.79 Å². The van der Waals surface area contributed by atoms with Gasteiger partial charge in [0.05, 0.1) is 5.39 Å². The van der Waals surface area contributed by atoms with Crippen LogP contribution in [0, 0.1) is 13.8 Å². The van der Waals surface area contributed by atoms with Crippen LogP contribution in [-0.4, -0.2) is 13.1 Å². The van der Waals surface area contributed by atoms with Crippen LogP contribution in [0.4, 0.5) is 5.88 Å². The molecule has 0 atom stereocenters. The molecule has 0 bridgehead atoms. The van der Waals surface area contributed by atoms with Crippen LogP contribution in [-0.2, 0) is 0 Å². The lowest BCUT2D eigenvalue weighted by atomic mass is 10.00. The van der Waals surface area contributed by atoms with Crippen LogP contribution in [0.15, 0.2) is 39.5 Å². The van der Waals surface area contributed by atoms with Gasteiger partial charge in [-0.25, -0.2) is 0 Å². The summed E-state index contributed by atoms with van der Waals surface area (Å²) in [7, 11) is 0. The standard InChI is InChI=1S/C19H21NO2/c1-5-20(6-2)18-11-16(21)19-15-10-13(4)12(3)9-14(15)7-8-17(19)22-18/h7-11H,5-6H2,1-4H3. The molecule has 3 nitrogen and oxygen atoms in total. The fraction of sp³-hybridized carbons (Fsp3) is 0.316. The van der Waals surface area contributed by atoms with Crippen molar-refractivity contribution in [3.63, 3.8) is 0 Å². The zero-order chi connectivity index (χ0) is 15.9. The molecule has 0 radical (unpaired) electrons. The molecule has 22 heavy (non-hydrogen) atoms. The molecular formula is C19H21NO2. The summed E-state index contributed by atoms with van der Waals surface area (Å²) in [5.41, 5.74) is 3.10. The van der Waals surface area contributed by atoms with Crippen LogP contribution in [0.2, 0.25) is 0 Å². The summed E-state index contributed by atoms with van der Waals surface area (Å²) >= 11 is 0. The highest BCUT2D eigenvalue weighted by atomic mass is 16.4. The number of nitrogens with zero attached hydrogens (tertiary/aromatic N) is 1. The number of aryl methyl sites for hydroxylation is 2. The molecule has 0 saturated carbocycles. The lowest BCUT2D eigenvalue weighted by Gasteiger charge is -2.19. The van der Waals surface area contributed by atoms with Crippen LogP contribution in [0.1, 0.15) is 25.0 Å². The lowest BCUT2D eigenvalue weighted by molar-refractivity contribution is 0.578. The van der Waals surface area contributed by atoms with E-state index < -0.39 is 0 Å². The van der Waals surface area contributed by atoms with Gasteiger partial charge in [-0.05, 0) is 55.7 Å². The predicted octanol–water partition coefficient (Wildman–Crippen LogP) is 4.41. The maximum Gasteiger partial charge on any atom is 0.199 e. The van der Waals surface area contributed by atoms with Crippen molar-refractivity contribution < 1.29 is 4.42 Å². The van der Waals surface area contributed by atoms with Crippen LogP contribution in [0.3, 0.4) is 0 Å². The molecule has 0 aliphatic heterocycles.